The SMILES string of the molecule is CC(C)N(C)CCn1cc(-c2ccc(F)c(C(F)(F)F)c2)nc1C1CCN(c2ncnc3c2C(=O)C(=O)N3)CC1.Cl. The number of ketones is 1. The van der Waals surface area contributed by atoms with Gasteiger partial charge in [-0.05, 0) is 51.9 Å². The van der Waals surface area contributed by atoms with Gasteiger partial charge in [0.2, 0.25) is 0 Å². The number of rotatable bonds is 7. The topological polar surface area (TPSA) is 96.2 Å². The Morgan fingerprint density at radius 1 is 1.15 bits per heavy atom. The van der Waals surface area contributed by atoms with Crippen molar-refractivity contribution in [3.63, 3.8) is 0 Å². The summed E-state index contributed by atoms with van der Waals surface area (Å²) in [6.45, 7) is 6.48. The summed E-state index contributed by atoms with van der Waals surface area (Å²) in [5.74, 6) is -1.39. The zero-order chi connectivity index (χ0) is 28.8. The molecule has 2 aliphatic rings. The highest BCUT2D eigenvalue weighted by Crippen LogP contribution is 2.37. The van der Waals surface area contributed by atoms with E-state index in [4.69, 9.17) is 4.98 Å². The van der Waals surface area contributed by atoms with E-state index in [2.05, 4.69) is 34.0 Å². The third kappa shape index (κ3) is 6.05. The van der Waals surface area contributed by atoms with Gasteiger partial charge >= 0.3 is 6.18 Å². The number of hydrogen-bond acceptors (Lipinski definition) is 7. The van der Waals surface area contributed by atoms with Gasteiger partial charge in [0, 0.05) is 49.9 Å². The van der Waals surface area contributed by atoms with Crippen molar-refractivity contribution in [2.45, 2.75) is 51.4 Å². The maximum Gasteiger partial charge on any atom is 0.419 e. The van der Waals surface area contributed by atoms with E-state index < -0.39 is 29.2 Å². The number of fused-ring (bicyclic) bond motifs is 1. The molecule has 1 aromatic carbocycles. The molecule has 1 amide bonds. The quantitative estimate of drug-likeness (QED) is 0.310. The number of piperidine rings is 1. The number of Topliss-reactive ketones (excluding diaryl/α,β-unsaturated/α-hetero) is 1. The highest BCUT2D eigenvalue weighted by atomic mass is 35.5. The summed E-state index contributed by atoms with van der Waals surface area (Å²) in [5, 5.41) is 2.46. The van der Waals surface area contributed by atoms with E-state index in [9.17, 15) is 27.2 Å². The minimum Gasteiger partial charge on any atom is -0.356 e. The molecule has 220 valence electrons. The normalized spacial score (nSPS) is 15.9. The highest BCUT2D eigenvalue weighted by Gasteiger charge is 2.37. The number of anilines is 2. The van der Waals surface area contributed by atoms with Crippen LogP contribution >= 0.6 is 12.4 Å². The third-order valence-corrected chi connectivity index (χ3v) is 7.60. The molecule has 0 atom stereocenters. The van der Waals surface area contributed by atoms with Gasteiger partial charge in [0.25, 0.3) is 11.7 Å². The molecule has 0 radical (unpaired) electrons. The number of likely N-dealkylation sites (N-methyl/N-ethyl adjacent to an activating group) is 1. The minimum atomic E-state index is -4.82. The van der Waals surface area contributed by atoms with E-state index >= 15 is 0 Å². The summed E-state index contributed by atoms with van der Waals surface area (Å²) in [6.07, 6.45) is -0.497. The van der Waals surface area contributed by atoms with Gasteiger partial charge in [0.15, 0.2) is 0 Å². The van der Waals surface area contributed by atoms with Crippen LogP contribution < -0.4 is 10.2 Å². The van der Waals surface area contributed by atoms with Crippen LogP contribution in [0.4, 0.5) is 29.2 Å². The van der Waals surface area contributed by atoms with Crippen LogP contribution in [-0.4, -0.2) is 68.8 Å². The van der Waals surface area contributed by atoms with Gasteiger partial charge in [-0.1, -0.05) is 0 Å². The van der Waals surface area contributed by atoms with Crippen LogP contribution in [-0.2, 0) is 17.5 Å². The summed E-state index contributed by atoms with van der Waals surface area (Å²) < 4.78 is 56.1. The van der Waals surface area contributed by atoms with Crippen LogP contribution in [0.1, 0.15) is 54.4 Å². The van der Waals surface area contributed by atoms with Crippen molar-refractivity contribution >= 4 is 35.7 Å². The fraction of sp³-hybridized carbons (Fsp3) is 0.444. The number of amides is 1. The molecule has 2 aromatic heterocycles. The Morgan fingerprint density at radius 3 is 2.51 bits per heavy atom. The molecule has 9 nitrogen and oxygen atoms in total. The number of benzene rings is 1. The number of carbonyl (C=O) groups is 2. The summed E-state index contributed by atoms with van der Waals surface area (Å²) in [5.41, 5.74) is -0.619. The fourth-order valence-electron chi connectivity index (χ4n) is 5.05. The Balaban J connectivity index is 0.00000387. The molecular weight excluding hydrogens is 566 g/mol. The molecule has 3 aromatic rings. The molecule has 0 unspecified atom stereocenters. The molecule has 14 heteroatoms. The molecule has 41 heavy (non-hydrogen) atoms. The Morgan fingerprint density at radius 2 is 1.85 bits per heavy atom. The average molecular weight is 596 g/mol. The summed E-state index contributed by atoms with van der Waals surface area (Å²) in [6, 6.07) is 3.24. The summed E-state index contributed by atoms with van der Waals surface area (Å²) >= 11 is 0. The van der Waals surface area contributed by atoms with Gasteiger partial charge in [0.05, 0.1) is 11.3 Å². The second kappa shape index (κ2) is 11.7. The molecular formula is C27H30ClF4N7O2. The fourth-order valence-corrected chi connectivity index (χ4v) is 5.05. The lowest BCUT2D eigenvalue weighted by molar-refractivity contribution is -0.139. The second-order valence-electron chi connectivity index (χ2n) is 10.4. The predicted octanol–water partition coefficient (Wildman–Crippen LogP) is 4.78. The van der Waals surface area contributed by atoms with Gasteiger partial charge < -0.3 is 19.7 Å². The van der Waals surface area contributed by atoms with Gasteiger partial charge in [-0.15, -0.1) is 12.4 Å². The smallest absolute Gasteiger partial charge is 0.356 e. The molecule has 0 spiro atoms. The molecule has 5 rings (SSSR count). The van der Waals surface area contributed by atoms with Gasteiger partial charge in [0.1, 0.15) is 35.2 Å². The summed E-state index contributed by atoms with van der Waals surface area (Å²) in [4.78, 5) is 41.4. The van der Waals surface area contributed by atoms with Crippen LogP contribution in [0, 0.1) is 5.82 Å². The van der Waals surface area contributed by atoms with Crippen molar-refractivity contribution < 1.29 is 27.2 Å². The van der Waals surface area contributed by atoms with Gasteiger partial charge in [-0.2, -0.15) is 13.2 Å². The lowest BCUT2D eigenvalue weighted by atomic mass is 9.95. The Bertz CT molecular complexity index is 1450. The number of carbonyl (C=O) groups excluding carboxylic acids is 2. The number of nitrogens with zero attached hydrogens (tertiary/aromatic N) is 6. The maximum atomic E-state index is 13.9. The average Bonchev–Trinajstić information content (AvgIpc) is 3.47. The lowest BCUT2D eigenvalue weighted by Crippen LogP contribution is -2.35. The zero-order valence-corrected chi connectivity index (χ0v) is 23.5. The maximum absolute atomic E-state index is 13.9. The van der Waals surface area contributed by atoms with Crippen molar-refractivity contribution in [3.05, 3.63) is 53.5 Å². The van der Waals surface area contributed by atoms with E-state index in [1.165, 1.54) is 12.4 Å². The van der Waals surface area contributed by atoms with Crippen LogP contribution in [0.5, 0.6) is 0 Å². The first-order valence-electron chi connectivity index (χ1n) is 13.0. The Kier molecular flexibility index (Phi) is 8.69. The largest absolute Gasteiger partial charge is 0.419 e. The van der Waals surface area contributed by atoms with Gasteiger partial charge in [-0.25, -0.2) is 19.3 Å². The van der Waals surface area contributed by atoms with Crippen molar-refractivity contribution in [2.24, 2.45) is 0 Å². The number of alkyl halides is 3. The van der Waals surface area contributed by atoms with Crippen LogP contribution in [0.15, 0.2) is 30.7 Å². The van der Waals surface area contributed by atoms with Crippen molar-refractivity contribution in [2.75, 3.05) is 36.9 Å². The molecule has 4 heterocycles. The zero-order valence-electron chi connectivity index (χ0n) is 22.7. The number of imidazole rings is 1. The molecule has 2 aliphatic heterocycles. The first-order valence-corrected chi connectivity index (χ1v) is 13.0. The van der Waals surface area contributed by atoms with Crippen molar-refractivity contribution in [3.8, 4) is 11.3 Å². The second-order valence-corrected chi connectivity index (χ2v) is 10.4. The van der Waals surface area contributed by atoms with Crippen LogP contribution in [0.25, 0.3) is 11.3 Å². The monoisotopic (exact) mass is 595 g/mol. The van der Waals surface area contributed by atoms with Gasteiger partial charge in [-0.3, -0.25) is 9.59 Å². The number of halogens is 5. The summed E-state index contributed by atoms with van der Waals surface area (Å²) in [7, 11) is 2.00. The molecule has 0 aliphatic carbocycles. The first kappa shape index (κ1) is 30.4. The Hall–Kier alpha value is -3.58. The Labute approximate surface area is 240 Å². The van der Waals surface area contributed by atoms with Crippen molar-refractivity contribution in [1.29, 1.82) is 0 Å². The predicted molar refractivity (Wildman–Crippen MR) is 147 cm³/mol. The van der Waals surface area contributed by atoms with Crippen molar-refractivity contribution in [1.82, 2.24) is 24.4 Å². The first-order chi connectivity index (χ1) is 18.9. The van der Waals surface area contributed by atoms with Crippen LogP contribution in [0.3, 0.4) is 0 Å². The molecule has 0 saturated carbocycles. The molecule has 0 bridgehead atoms. The molecule has 1 N–H and O–H groups in total. The van der Waals surface area contributed by atoms with E-state index in [1.54, 1.807) is 6.20 Å². The van der Waals surface area contributed by atoms with E-state index in [-0.39, 0.29) is 35.3 Å². The highest BCUT2D eigenvalue weighted by molar-refractivity contribution is 6.52. The lowest BCUT2D eigenvalue weighted by Gasteiger charge is -2.33. The molecule has 1 fully saturated rings. The van der Waals surface area contributed by atoms with E-state index in [0.717, 1.165) is 18.0 Å². The number of nitrogens with one attached hydrogen (secondary N) is 1. The third-order valence-electron chi connectivity index (χ3n) is 7.60. The van der Waals surface area contributed by atoms with E-state index in [0.29, 0.717) is 56.6 Å². The molecule has 1 saturated heterocycles. The minimum absolute atomic E-state index is 0. The van der Waals surface area contributed by atoms with Crippen LogP contribution in [0.2, 0.25) is 0 Å². The number of hydrogen-bond donors (Lipinski definition) is 1. The number of aromatic nitrogens is 4. The van der Waals surface area contributed by atoms with E-state index in [1.807, 2.05) is 16.5 Å². The standard InChI is InChI=1S/C27H29F4N7O2.ClH/c1-15(2)36(3)10-11-38-13-20(17-4-5-19(28)18(12-17)27(29,30)31)34-24(38)16-6-8-37(9-7-16)25-21-22(39)26(40)35-23(21)32-14-33-25;/h4-5,12-16H,6-11H2,1-3H3,(H,32,33,35,39,40);1H.